The molecule has 0 N–H and O–H groups in total. The predicted octanol–water partition coefficient (Wildman–Crippen LogP) is 24.8. The first-order valence-corrected chi connectivity index (χ1v) is 38.1. The molecule has 0 aliphatic carbocycles. The van der Waals surface area contributed by atoms with Crippen LogP contribution in [-0.4, -0.2) is 23.6 Å². The largest absolute Gasteiger partial charge is 1.00 e. The van der Waals surface area contributed by atoms with Crippen LogP contribution in [0.4, 0.5) is 0 Å². The average Bonchev–Trinajstić information content (AvgIpc) is 3.40. The molecule has 0 aromatic heterocycles. The summed E-state index contributed by atoms with van der Waals surface area (Å²) in [6.07, 6.45) is 89.6. The smallest absolute Gasteiger partial charge is 0.0857 e. The van der Waals surface area contributed by atoms with Crippen molar-refractivity contribution in [2.75, 3.05) is 18.5 Å². The molecule has 0 amide bonds. The highest BCUT2D eigenvalue weighted by Crippen LogP contribution is 2.80. The van der Waals surface area contributed by atoms with Crippen LogP contribution in [0.3, 0.4) is 0 Å². The lowest BCUT2D eigenvalue weighted by molar-refractivity contribution is -0.0000165. The molecule has 0 aromatic rings. The number of rotatable bonds is 63. The van der Waals surface area contributed by atoms with Crippen molar-refractivity contribution in [1.82, 2.24) is 0 Å². The zero-order valence-electron chi connectivity index (χ0n) is 53.8. The fourth-order valence-corrected chi connectivity index (χ4v) is 22.0. The maximum Gasteiger partial charge on any atom is 0.0857 e. The van der Waals surface area contributed by atoms with E-state index in [4.69, 9.17) is 0 Å². The standard InChI is InChI=1S/C72H148P.BrH/c1-10-18-26-32-38-44-50-56-62-70(9)71(63-57-51-45-39-33-27-19-11-2,64-58-52-46-40-34-28-20-12-3)72(65-59-53-47-41-35-29-21-13-4,66-60-54-48-42-36-30-22-14-5)73(67-24-16-7,68-25-17-8)69-61-55-49-43-37-31-23-15-6;/h70H,10-69H2,1-9H3;1H/q+1;/p-1. The summed E-state index contributed by atoms with van der Waals surface area (Å²) in [6.45, 7) is 22.5. The van der Waals surface area contributed by atoms with Crippen LogP contribution in [0, 0.1) is 11.3 Å². The number of hydrogen-bond donors (Lipinski definition) is 0. The topological polar surface area (TPSA) is 0 Å². The van der Waals surface area contributed by atoms with Crippen molar-refractivity contribution in [3.05, 3.63) is 0 Å². The minimum atomic E-state index is -1.36. The molecule has 74 heavy (non-hydrogen) atoms. The third kappa shape index (κ3) is 37.8. The van der Waals surface area contributed by atoms with E-state index in [0.29, 0.717) is 10.6 Å². The average molecular weight is 1120 g/mol. The van der Waals surface area contributed by atoms with Crippen molar-refractivity contribution in [2.45, 2.75) is 433 Å². The monoisotopic (exact) mass is 1120 g/mol. The Balaban J connectivity index is 0. The molecule has 0 saturated carbocycles. The molecule has 0 radical (unpaired) electrons. The van der Waals surface area contributed by atoms with E-state index in [1.165, 1.54) is 321 Å². The zero-order valence-corrected chi connectivity index (χ0v) is 56.3. The fourth-order valence-electron chi connectivity index (χ4n) is 14.7. The fraction of sp³-hybridized carbons (Fsp3) is 1.00. The molecule has 2 heteroatoms. The SMILES string of the molecule is CCCCCCCCCCC(C)C(CCCCCCCCCC)(CCCCCCCCCC)C(CCCCCCCCCC)(CCCCCCCCCC)[P+](CCCC)(CCCC)CCCCCCCCCC.[Br-]. The van der Waals surface area contributed by atoms with Gasteiger partial charge in [0, 0.05) is 12.7 Å². The Labute approximate surface area is 484 Å². The summed E-state index contributed by atoms with van der Waals surface area (Å²) in [5, 5.41) is 0.567. The molecule has 0 nitrogen and oxygen atoms in total. The van der Waals surface area contributed by atoms with Gasteiger partial charge in [0.15, 0.2) is 0 Å². The molecular formula is C72H148BrP. The third-order valence-corrected chi connectivity index (χ3v) is 25.7. The summed E-state index contributed by atoms with van der Waals surface area (Å²) < 4.78 is 0. The van der Waals surface area contributed by atoms with E-state index in [1.807, 2.05) is 0 Å². The van der Waals surface area contributed by atoms with Crippen LogP contribution in [-0.2, 0) is 0 Å². The quantitative estimate of drug-likeness (QED) is 0.0421. The molecule has 0 rings (SSSR count). The third-order valence-electron chi connectivity index (χ3n) is 19.4. The number of unbranched alkanes of at least 4 members (excludes halogenated alkanes) is 44. The molecule has 0 aliphatic heterocycles. The van der Waals surface area contributed by atoms with Crippen LogP contribution in [0.15, 0.2) is 0 Å². The Morgan fingerprint density at radius 2 is 0.432 bits per heavy atom. The molecule has 0 fully saturated rings. The Morgan fingerprint density at radius 3 is 0.703 bits per heavy atom. The van der Waals surface area contributed by atoms with Crippen molar-refractivity contribution in [3.63, 3.8) is 0 Å². The molecule has 0 aromatic carbocycles. The first-order chi connectivity index (χ1) is 35.9. The highest BCUT2D eigenvalue weighted by Gasteiger charge is 2.66. The maximum atomic E-state index is 2.97. The Kier molecular flexibility index (Phi) is 60.9. The second-order valence-electron chi connectivity index (χ2n) is 25.7. The molecule has 0 saturated heterocycles. The van der Waals surface area contributed by atoms with Gasteiger partial charge in [-0.3, -0.25) is 0 Å². The van der Waals surface area contributed by atoms with Crippen molar-refractivity contribution >= 4 is 7.26 Å². The van der Waals surface area contributed by atoms with Crippen molar-refractivity contribution in [1.29, 1.82) is 0 Å². The maximum absolute atomic E-state index is 2.97. The molecule has 0 spiro atoms. The summed E-state index contributed by atoms with van der Waals surface area (Å²) in [5.74, 6) is 0.867. The van der Waals surface area contributed by atoms with Gasteiger partial charge in [0.2, 0.25) is 0 Å². The first-order valence-electron chi connectivity index (χ1n) is 35.8. The van der Waals surface area contributed by atoms with Crippen molar-refractivity contribution < 1.29 is 17.0 Å². The molecule has 448 valence electrons. The van der Waals surface area contributed by atoms with Crippen molar-refractivity contribution in [2.24, 2.45) is 11.3 Å². The predicted molar refractivity (Wildman–Crippen MR) is 344 cm³/mol. The van der Waals surface area contributed by atoms with E-state index in [0.717, 1.165) is 5.92 Å². The molecule has 0 bridgehead atoms. The normalized spacial score (nSPS) is 12.8. The minimum Gasteiger partial charge on any atom is -1.00 e. The highest BCUT2D eigenvalue weighted by atomic mass is 79.9. The molecule has 1 atom stereocenters. The second-order valence-corrected chi connectivity index (χ2v) is 30.2. The van der Waals surface area contributed by atoms with Gasteiger partial charge >= 0.3 is 0 Å². The Bertz CT molecular complexity index is 988. The summed E-state index contributed by atoms with van der Waals surface area (Å²) in [7, 11) is -1.36. The summed E-state index contributed by atoms with van der Waals surface area (Å²) in [6, 6.07) is 0. The Hall–Kier alpha value is 0.910. The second kappa shape index (κ2) is 58.6. The Morgan fingerprint density at radius 1 is 0.230 bits per heavy atom. The lowest BCUT2D eigenvalue weighted by Crippen LogP contribution is -3.00. The molecular weight excluding hydrogens is 976 g/mol. The number of halogens is 1. The first kappa shape index (κ1) is 77.0. The van der Waals surface area contributed by atoms with E-state index in [2.05, 4.69) is 62.3 Å². The summed E-state index contributed by atoms with van der Waals surface area (Å²) in [5.41, 5.74) is 0.510. The van der Waals surface area contributed by atoms with Gasteiger partial charge in [-0.05, 0) is 70.1 Å². The lowest BCUT2D eigenvalue weighted by Gasteiger charge is -2.60. The summed E-state index contributed by atoms with van der Waals surface area (Å²) >= 11 is 0. The van der Waals surface area contributed by atoms with Gasteiger partial charge in [0.05, 0.1) is 23.6 Å². The van der Waals surface area contributed by atoms with Crippen LogP contribution in [0.2, 0.25) is 0 Å². The van der Waals surface area contributed by atoms with Gasteiger partial charge in [-0.1, -0.05) is 364 Å². The minimum absolute atomic E-state index is 0. The molecule has 0 heterocycles. The van der Waals surface area contributed by atoms with Crippen LogP contribution in [0.25, 0.3) is 0 Å². The zero-order chi connectivity index (χ0) is 53.5. The van der Waals surface area contributed by atoms with Gasteiger partial charge in [-0.25, -0.2) is 0 Å². The van der Waals surface area contributed by atoms with Gasteiger partial charge < -0.3 is 17.0 Å². The van der Waals surface area contributed by atoms with Crippen LogP contribution < -0.4 is 17.0 Å². The van der Waals surface area contributed by atoms with Gasteiger partial charge in [0.1, 0.15) is 0 Å². The van der Waals surface area contributed by atoms with E-state index in [-0.39, 0.29) is 17.0 Å². The van der Waals surface area contributed by atoms with E-state index in [1.54, 1.807) is 63.4 Å². The van der Waals surface area contributed by atoms with E-state index < -0.39 is 7.26 Å². The van der Waals surface area contributed by atoms with Crippen LogP contribution in [0.5, 0.6) is 0 Å². The van der Waals surface area contributed by atoms with Crippen molar-refractivity contribution in [3.8, 4) is 0 Å². The van der Waals surface area contributed by atoms with Gasteiger partial charge in [-0.2, -0.15) is 0 Å². The summed E-state index contributed by atoms with van der Waals surface area (Å²) in [4.78, 5) is 0. The highest BCUT2D eigenvalue weighted by molar-refractivity contribution is 7.77. The van der Waals surface area contributed by atoms with Crippen LogP contribution >= 0.6 is 7.26 Å². The van der Waals surface area contributed by atoms with Gasteiger partial charge in [-0.15, -0.1) is 0 Å². The van der Waals surface area contributed by atoms with E-state index >= 15 is 0 Å². The van der Waals surface area contributed by atoms with E-state index in [9.17, 15) is 0 Å². The molecule has 0 aliphatic rings. The van der Waals surface area contributed by atoms with Crippen LogP contribution in [0.1, 0.15) is 428 Å². The lowest BCUT2D eigenvalue weighted by atomic mass is 9.57. The van der Waals surface area contributed by atoms with Gasteiger partial charge in [0.25, 0.3) is 0 Å². The number of hydrogen-bond acceptors (Lipinski definition) is 0. The molecule has 1 unspecified atom stereocenters.